The topological polar surface area (TPSA) is 29.3 Å². The summed E-state index contributed by atoms with van der Waals surface area (Å²) in [4.78, 5) is 1.97. The van der Waals surface area contributed by atoms with Crippen LogP contribution < -0.4 is 10.6 Å². The Morgan fingerprint density at radius 1 is 1.29 bits per heavy atom. The van der Waals surface area contributed by atoms with Crippen molar-refractivity contribution in [1.82, 2.24) is 0 Å². The van der Waals surface area contributed by atoms with Crippen LogP contribution in [0.25, 0.3) is 0 Å². The molecule has 0 aliphatic carbocycles. The van der Waals surface area contributed by atoms with Crippen molar-refractivity contribution in [2.24, 2.45) is 11.7 Å². The number of anilines is 1. The molecule has 0 saturated heterocycles. The van der Waals surface area contributed by atoms with Gasteiger partial charge < -0.3 is 10.6 Å². The minimum atomic E-state index is -0.189. The van der Waals surface area contributed by atoms with Gasteiger partial charge in [0, 0.05) is 19.6 Å². The lowest BCUT2D eigenvalue weighted by atomic mass is 10.0. The first kappa shape index (κ1) is 14.0. The number of nitrogens with two attached hydrogens (primary N) is 1. The van der Waals surface area contributed by atoms with Gasteiger partial charge in [0.2, 0.25) is 0 Å². The molecule has 1 unspecified atom stereocenters. The number of nitrogens with zero attached hydrogens (tertiary/aromatic N) is 1. The number of hydrogen-bond donors (Lipinski definition) is 1. The Morgan fingerprint density at radius 2 is 1.94 bits per heavy atom. The molecule has 0 aliphatic rings. The van der Waals surface area contributed by atoms with Gasteiger partial charge in [-0.05, 0) is 30.9 Å². The Balaban J connectivity index is 2.94. The molecule has 0 spiro atoms. The molecule has 2 nitrogen and oxygen atoms in total. The lowest BCUT2D eigenvalue weighted by molar-refractivity contribution is 0.571. The van der Waals surface area contributed by atoms with Crippen molar-refractivity contribution in [1.29, 1.82) is 0 Å². The van der Waals surface area contributed by atoms with Gasteiger partial charge in [-0.1, -0.05) is 26.0 Å². The molecule has 0 fully saturated rings. The zero-order chi connectivity index (χ0) is 13.0. The molecule has 0 saturated carbocycles. The summed E-state index contributed by atoms with van der Waals surface area (Å²) in [7, 11) is 1.92. The van der Waals surface area contributed by atoms with Gasteiger partial charge in [-0.25, -0.2) is 4.39 Å². The Bertz CT molecular complexity index is 361. The van der Waals surface area contributed by atoms with Crippen LogP contribution in [0.4, 0.5) is 10.1 Å². The molecule has 1 aromatic rings. The van der Waals surface area contributed by atoms with Crippen LogP contribution in [0.2, 0.25) is 0 Å². The number of rotatable bonds is 5. The van der Waals surface area contributed by atoms with Crippen molar-refractivity contribution >= 4 is 5.69 Å². The molecule has 17 heavy (non-hydrogen) atoms. The molecule has 2 N–H and O–H groups in total. The molecule has 1 aromatic carbocycles. The Labute approximate surface area is 104 Å². The molecule has 1 atom stereocenters. The maximum atomic E-state index is 13.9. The molecule has 3 heteroatoms. The van der Waals surface area contributed by atoms with Crippen molar-refractivity contribution in [3.8, 4) is 0 Å². The first-order valence-corrected chi connectivity index (χ1v) is 6.18. The van der Waals surface area contributed by atoms with Crippen molar-refractivity contribution in [3.63, 3.8) is 0 Å². The van der Waals surface area contributed by atoms with E-state index >= 15 is 0 Å². The monoisotopic (exact) mass is 238 g/mol. The van der Waals surface area contributed by atoms with Gasteiger partial charge in [0.05, 0.1) is 5.69 Å². The predicted molar refractivity (Wildman–Crippen MR) is 71.7 cm³/mol. The van der Waals surface area contributed by atoms with Crippen molar-refractivity contribution in [3.05, 3.63) is 29.6 Å². The van der Waals surface area contributed by atoms with Gasteiger partial charge in [-0.15, -0.1) is 0 Å². The molecular formula is C14H23FN2. The van der Waals surface area contributed by atoms with Crippen LogP contribution in [0, 0.1) is 11.7 Å². The first-order valence-electron chi connectivity index (χ1n) is 6.18. The SMILES string of the molecule is CC(C)CCN(C)c1c(F)cccc1C(C)N. The lowest BCUT2D eigenvalue weighted by Crippen LogP contribution is -2.24. The minimum absolute atomic E-state index is 0.151. The number of halogens is 1. The molecule has 0 aromatic heterocycles. The van der Waals surface area contributed by atoms with Gasteiger partial charge in [0.15, 0.2) is 0 Å². The van der Waals surface area contributed by atoms with E-state index in [1.165, 1.54) is 6.07 Å². The summed E-state index contributed by atoms with van der Waals surface area (Å²) in [5.74, 6) is 0.425. The summed E-state index contributed by atoms with van der Waals surface area (Å²) in [5.41, 5.74) is 7.40. The Morgan fingerprint density at radius 3 is 2.47 bits per heavy atom. The maximum Gasteiger partial charge on any atom is 0.146 e. The van der Waals surface area contributed by atoms with Gasteiger partial charge in [0.25, 0.3) is 0 Å². The first-order chi connectivity index (χ1) is 7.93. The summed E-state index contributed by atoms with van der Waals surface area (Å²) in [5, 5.41) is 0. The molecule has 1 rings (SSSR count). The zero-order valence-corrected chi connectivity index (χ0v) is 11.2. The molecule has 0 heterocycles. The number of hydrogen-bond acceptors (Lipinski definition) is 2. The van der Waals surface area contributed by atoms with Crippen LogP contribution in [0.3, 0.4) is 0 Å². The third kappa shape index (κ3) is 3.70. The maximum absolute atomic E-state index is 13.9. The second-order valence-electron chi connectivity index (χ2n) is 5.07. The highest BCUT2D eigenvalue weighted by Crippen LogP contribution is 2.27. The second kappa shape index (κ2) is 6.01. The standard InChI is InChI=1S/C14H23FN2/c1-10(2)8-9-17(4)14-12(11(3)16)6-5-7-13(14)15/h5-7,10-11H,8-9,16H2,1-4H3. The summed E-state index contributed by atoms with van der Waals surface area (Å²) >= 11 is 0. The molecule has 0 radical (unpaired) electrons. The molecular weight excluding hydrogens is 215 g/mol. The van der Waals surface area contributed by atoms with E-state index in [0.717, 1.165) is 18.5 Å². The van der Waals surface area contributed by atoms with Gasteiger partial charge >= 0.3 is 0 Å². The second-order valence-corrected chi connectivity index (χ2v) is 5.07. The van der Waals surface area contributed by atoms with E-state index in [9.17, 15) is 4.39 Å². The summed E-state index contributed by atoms with van der Waals surface area (Å²) in [6, 6.07) is 4.96. The number of para-hydroxylation sites is 1. The average Bonchev–Trinajstić information content (AvgIpc) is 2.25. The fourth-order valence-corrected chi connectivity index (χ4v) is 1.87. The summed E-state index contributed by atoms with van der Waals surface area (Å²) in [6.45, 7) is 7.07. The van der Waals surface area contributed by atoms with Crippen molar-refractivity contribution in [2.75, 3.05) is 18.5 Å². The van der Waals surface area contributed by atoms with E-state index in [4.69, 9.17) is 5.73 Å². The highest BCUT2D eigenvalue weighted by Gasteiger charge is 2.15. The molecule has 0 aliphatic heterocycles. The molecule has 0 amide bonds. The van der Waals surface area contributed by atoms with E-state index in [2.05, 4.69) is 13.8 Å². The average molecular weight is 238 g/mol. The van der Waals surface area contributed by atoms with Crippen LogP contribution in [-0.2, 0) is 0 Å². The van der Waals surface area contributed by atoms with Crippen LogP contribution in [0.1, 0.15) is 38.8 Å². The van der Waals surface area contributed by atoms with Crippen LogP contribution in [-0.4, -0.2) is 13.6 Å². The highest BCUT2D eigenvalue weighted by molar-refractivity contribution is 5.55. The molecule has 0 bridgehead atoms. The van der Waals surface area contributed by atoms with E-state index in [-0.39, 0.29) is 11.9 Å². The largest absolute Gasteiger partial charge is 0.372 e. The van der Waals surface area contributed by atoms with E-state index < -0.39 is 0 Å². The fourth-order valence-electron chi connectivity index (χ4n) is 1.87. The Hall–Kier alpha value is -1.09. The smallest absolute Gasteiger partial charge is 0.146 e. The van der Waals surface area contributed by atoms with E-state index in [1.54, 1.807) is 6.07 Å². The lowest BCUT2D eigenvalue weighted by Gasteiger charge is -2.25. The van der Waals surface area contributed by atoms with E-state index in [1.807, 2.05) is 24.9 Å². The normalized spacial score (nSPS) is 12.9. The molecule has 96 valence electrons. The third-order valence-electron chi connectivity index (χ3n) is 2.93. The van der Waals surface area contributed by atoms with Crippen LogP contribution in [0.15, 0.2) is 18.2 Å². The van der Waals surface area contributed by atoms with E-state index in [0.29, 0.717) is 11.6 Å². The quantitative estimate of drug-likeness (QED) is 0.852. The van der Waals surface area contributed by atoms with Gasteiger partial charge in [0.1, 0.15) is 5.82 Å². The van der Waals surface area contributed by atoms with Gasteiger partial charge in [-0.2, -0.15) is 0 Å². The highest BCUT2D eigenvalue weighted by atomic mass is 19.1. The van der Waals surface area contributed by atoms with Crippen molar-refractivity contribution in [2.45, 2.75) is 33.2 Å². The van der Waals surface area contributed by atoms with Crippen LogP contribution in [0.5, 0.6) is 0 Å². The number of benzene rings is 1. The minimum Gasteiger partial charge on any atom is -0.372 e. The predicted octanol–water partition coefficient (Wildman–Crippen LogP) is 3.33. The third-order valence-corrected chi connectivity index (χ3v) is 2.93. The zero-order valence-electron chi connectivity index (χ0n) is 11.2. The fraction of sp³-hybridized carbons (Fsp3) is 0.571. The summed E-state index contributed by atoms with van der Waals surface area (Å²) in [6.07, 6.45) is 1.04. The van der Waals surface area contributed by atoms with Crippen LogP contribution >= 0.6 is 0 Å². The van der Waals surface area contributed by atoms with Gasteiger partial charge in [-0.3, -0.25) is 0 Å². The Kier molecular flexibility index (Phi) is 4.94. The summed E-state index contributed by atoms with van der Waals surface area (Å²) < 4.78 is 13.9. The van der Waals surface area contributed by atoms with Crippen molar-refractivity contribution < 1.29 is 4.39 Å².